The van der Waals surface area contributed by atoms with Crippen molar-refractivity contribution in [3.05, 3.63) is 30.1 Å². The smallest absolute Gasteiger partial charge is 0.257 e. The molecule has 0 fully saturated rings. The summed E-state index contributed by atoms with van der Waals surface area (Å²) in [5.41, 5.74) is 1.18. The van der Waals surface area contributed by atoms with E-state index in [4.69, 9.17) is 4.52 Å². The summed E-state index contributed by atoms with van der Waals surface area (Å²) in [5.74, 6) is 1.03. The molecule has 108 valence electrons. The van der Waals surface area contributed by atoms with Gasteiger partial charge in [-0.3, -0.25) is 4.72 Å². The number of aromatic nitrogens is 2. The zero-order valence-electron chi connectivity index (χ0n) is 11.5. The van der Waals surface area contributed by atoms with Crippen molar-refractivity contribution in [2.45, 2.75) is 26.7 Å². The van der Waals surface area contributed by atoms with Crippen molar-refractivity contribution in [2.24, 2.45) is 0 Å². The molecule has 0 aliphatic rings. The fourth-order valence-electron chi connectivity index (χ4n) is 1.69. The molecule has 0 spiro atoms. The SMILES string of the molecule is CCCCS(=O)(=O)Nc1cccc(-c2nc(C)no2)c1. The molecule has 0 bridgehead atoms. The van der Waals surface area contributed by atoms with E-state index in [0.29, 0.717) is 29.4 Å². The normalized spacial score (nSPS) is 11.5. The Morgan fingerprint density at radius 3 is 2.80 bits per heavy atom. The Labute approximate surface area is 118 Å². The maximum Gasteiger partial charge on any atom is 0.257 e. The van der Waals surface area contributed by atoms with E-state index in [0.717, 1.165) is 6.42 Å². The Hall–Kier alpha value is -1.89. The average Bonchev–Trinajstić information content (AvgIpc) is 2.83. The lowest BCUT2D eigenvalue weighted by Crippen LogP contribution is -2.16. The summed E-state index contributed by atoms with van der Waals surface area (Å²) >= 11 is 0. The van der Waals surface area contributed by atoms with Gasteiger partial charge in [0.2, 0.25) is 10.0 Å². The van der Waals surface area contributed by atoms with Gasteiger partial charge in [-0.15, -0.1) is 0 Å². The summed E-state index contributed by atoms with van der Waals surface area (Å²) in [7, 11) is -3.31. The molecule has 0 atom stereocenters. The minimum atomic E-state index is -3.31. The van der Waals surface area contributed by atoms with Crippen LogP contribution in [0.2, 0.25) is 0 Å². The van der Waals surface area contributed by atoms with Crippen molar-refractivity contribution < 1.29 is 12.9 Å². The maximum absolute atomic E-state index is 11.8. The summed E-state index contributed by atoms with van der Waals surface area (Å²) in [6, 6.07) is 6.90. The summed E-state index contributed by atoms with van der Waals surface area (Å²) in [6.45, 7) is 3.68. The number of hydrogen-bond acceptors (Lipinski definition) is 5. The van der Waals surface area contributed by atoms with E-state index in [9.17, 15) is 8.42 Å². The number of rotatable bonds is 6. The van der Waals surface area contributed by atoms with E-state index in [1.54, 1.807) is 31.2 Å². The maximum atomic E-state index is 11.8. The first kappa shape index (κ1) is 14.5. The molecule has 1 aromatic heterocycles. The quantitative estimate of drug-likeness (QED) is 0.885. The lowest BCUT2D eigenvalue weighted by Gasteiger charge is -2.07. The molecule has 0 amide bonds. The van der Waals surface area contributed by atoms with Crippen molar-refractivity contribution in [3.8, 4) is 11.5 Å². The standard InChI is InChI=1S/C13H17N3O3S/c1-3-4-8-20(17,18)16-12-7-5-6-11(9-12)13-14-10(2)15-19-13/h5-7,9,16H,3-4,8H2,1-2H3. The van der Waals surface area contributed by atoms with Crippen molar-refractivity contribution >= 4 is 15.7 Å². The first-order valence-electron chi connectivity index (χ1n) is 6.41. The van der Waals surface area contributed by atoms with Crippen LogP contribution in [-0.4, -0.2) is 24.3 Å². The van der Waals surface area contributed by atoms with E-state index in [-0.39, 0.29) is 5.75 Å². The van der Waals surface area contributed by atoms with Crippen LogP contribution in [0.3, 0.4) is 0 Å². The first-order chi connectivity index (χ1) is 9.50. The highest BCUT2D eigenvalue weighted by Gasteiger charge is 2.11. The second-order valence-corrected chi connectivity index (χ2v) is 6.34. The lowest BCUT2D eigenvalue weighted by molar-refractivity contribution is 0.425. The highest BCUT2D eigenvalue weighted by molar-refractivity contribution is 7.92. The Morgan fingerprint density at radius 2 is 2.15 bits per heavy atom. The Kier molecular flexibility index (Phi) is 4.39. The summed E-state index contributed by atoms with van der Waals surface area (Å²) < 4.78 is 31.3. The molecule has 1 aromatic carbocycles. The monoisotopic (exact) mass is 295 g/mol. The van der Waals surface area contributed by atoms with Crippen LogP contribution in [0.4, 0.5) is 5.69 Å². The van der Waals surface area contributed by atoms with Gasteiger partial charge < -0.3 is 4.52 Å². The molecule has 0 unspecified atom stereocenters. The molecule has 20 heavy (non-hydrogen) atoms. The predicted molar refractivity (Wildman–Crippen MR) is 76.8 cm³/mol. The van der Waals surface area contributed by atoms with Gasteiger partial charge >= 0.3 is 0 Å². The Bertz CT molecular complexity index is 680. The third-order valence-corrected chi connectivity index (χ3v) is 4.05. The highest BCUT2D eigenvalue weighted by Crippen LogP contribution is 2.21. The number of nitrogens with one attached hydrogen (secondary N) is 1. The van der Waals surface area contributed by atoms with Gasteiger partial charge in [-0.1, -0.05) is 24.6 Å². The third kappa shape index (κ3) is 3.80. The zero-order chi connectivity index (χ0) is 14.6. The number of anilines is 1. The van der Waals surface area contributed by atoms with Gasteiger partial charge in [-0.25, -0.2) is 8.42 Å². The number of nitrogens with zero attached hydrogens (tertiary/aromatic N) is 2. The second-order valence-electron chi connectivity index (χ2n) is 4.50. The van der Waals surface area contributed by atoms with Crippen molar-refractivity contribution in [2.75, 3.05) is 10.5 Å². The topological polar surface area (TPSA) is 85.1 Å². The minimum Gasteiger partial charge on any atom is -0.334 e. The van der Waals surface area contributed by atoms with Gasteiger partial charge in [0.05, 0.1) is 5.75 Å². The number of sulfonamides is 1. The lowest BCUT2D eigenvalue weighted by atomic mass is 10.2. The van der Waals surface area contributed by atoms with E-state index in [1.165, 1.54) is 0 Å². The van der Waals surface area contributed by atoms with E-state index in [2.05, 4.69) is 14.9 Å². The van der Waals surface area contributed by atoms with Crippen LogP contribution in [0.15, 0.2) is 28.8 Å². The molecule has 0 saturated carbocycles. The Morgan fingerprint density at radius 1 is 1.35 bits per heavy atom. The van der Waals surface area contributed by atoms with Gasteiger partial charge in [0.1, 0.15) is 0 Å². The molecule has 2 aromatic rings. The average molecular weight is 295 g/mol. The van der Waals surface area contributed by atoms with Crippen LogP contribution < -0.4 is 4.72 Å². The van der Waals surface area contributed by atoms with E-state index < -0.39 is 10.0 Å². The molecule has 0 aliphatic carbocycles. The van der Waals surface area contributed by atoms with Crippen LogP contribution in [0.1, 0.15) is 25.6 Å². The number of benzene rings is 1. The van der Waals surface area contributed by atoms with Crippen molar-refractivity contribution in [3.63, 3.8) is 0 Å². The van der Waals surface area contributed by atoms with Crippen LogP contribution in [0.5, 0.6) is 0 Å². The summed E-state index contributed by atoms with van der Waals surface area (Å²) in [5, 5.41) is 3.71. The van der Waals surface area contributed by atoms with Crippen LogP contribution in [-0.2, 0) is 10.0 Å². The van der Waals surface area contributed by atoms with Crippen LogP contribution >= 0.6 is 0 Å². The van der Waals surface area contributed by atoms with Crippen molar-refractivity contribution in [1.82, 2.24) is 10.1 Å². The Balaban J connectivity index is 2.18. The molecule has 2 rings (SSSR count). The zero-order valence-corrected chi connectivity index (χ0v) is 12.3. The number of hydrogen-bond donors (Lipinski definition) is 1. The summed E-state index contributed by atoms with van der Waals surface area (Å²) in [4.78, 5) is 4.11. The van der Waals surface area contributed by atoms with E-state index in [1.807, 2.05) is 6.92 Å². The van der Waals surface area contributed by atoms with Gasteiger partial charge in [-0.05, 0) is 31.5 Å². The predicted octanol–water partition coefficient (Wildman–Crippen LogP) is 2.59. The highest BCUT2D eigenvalue weighted by atomic mass is 32.2. The molecule has 0 aliphatic heterocycles. The molecule has 0 saturated heterocycles. The second kappa shape index (κ2) is 6.04. The van der Waals surface area contributed by atoms with Gasteiger partial charge in [0.15, 0.2) is 5.82 Å². The fourth-order valence-corrected chi connectivity index (χ4v) is 2.95. The van der Waals surface area contributed by atoms with Crippen LogP contribution in [0, 0.1) is 6.92 Å². The van der Waals surface area contributed by atoms with Gasteiger partial charge in [0, 0.05) is 11.3 Å². The van der Waals surface area contributed by atoms with Gasteiger partial charge in [0.25, 0.3) is 5.89 Å². The van der Waals surface area contributed by atoms with E-state index >= 15 is 0 Å². The number of aryl methyl sites for hydroxylation is 1. The molecule has 1 heterocycles. The first-order valence-corrected chi connectivity index (χ1v) is 8.06. The molecule has 7 heteroatoms. The largest absolute Gasteiger partial charge is 0.334 e. The summed E-state index contributed by atoms with van der Waals surface area (Å²) in [6.07, 6.45) is 1.47. The van der Waals surface area contributed by atoms with Gasteiger partial charge in [-0.2, -0.15) is 4.98 Å². The van der Waals surface area contributed by atoms with Crippen molar-refractivity contribution in [1.29, 1.82) is 0 Å². The number of unbranched alkanes of at least 4 members (excludes halogenated alkanes) is 1. The molecular formula is C13H17N3O3S. The fraction of sp³-hybridized carbons (Fsp3) is 0.385. The molecular weight excluding hydrogens is 278 g/mol. The van der Waals surface area contributed by atoms with Crippen LogP contribution in [0.25, 0.3) is 11.5 Å². The molecule has 6 nitrogen and oxygen atoms in total. The molecule has 0 radical (unpaired) electrons. The molecule has 1 N–H and O–H groups in total. The third-order valence-electron chi connectivity index (χ3n) is 2.68. The minimum absolute atomic E-state index is 0.118.